The molecule has 0 spiro atoms. The summed E-state index contributed by atoms with van der Waals surface area (Å²) in [5, 5.41) is 3.42. The van der Waals surface area contributed by atoms with Crippen LogP contribution in [0.4, 0.5) is 18.0 Å². The molecule has 0 saturated carbocycles. The molecule has 2 N–H and O–H groups in total. The molecule has 22 heavy (non-hydrogen) atoms. The zero-order valence-electron chi connectivity index (χ0n) is 11.7. The van der Waals surface area contributed by atoms with E-state index in [1.807, 2.05) is 18.3 Å². The van der Waals surface area contributed by atoms with E-state index < -0.39 is 24.7 Å². The molecule has 124 valence electrons. The topological polar surface area (TPSA) is 61.4 Å². The Balaban J connectivity index is 2.39. The van der Waals surface area contributed by atoms with Crippen molar-refractivity contribution >= 4 is 34.9 Å². The third kappa shape index (κ3) is 7.62. The molecule has 0 aliphatic heterocycles. The Morgan fingerprint density at radius 1 is 1.36 bits per heavy atom. The number of hydrogen-bond donors (Lipinski definition) is 2. The van der Waals surface area contributed by atoms with Gasteiger partial charge in [0.15, 0.2) is 0 Å². The molecule has 1 aromatic heterocycles. The van der Waals surface area contributed by atoms with Crippen molar-refractivity contribution in [3.8, 4) is 0 Å². The van der Waals surface area contributed by atoms with E-state index in [2.05, 4.69) is 0 Å². The first kappa shape index (κ1) is 18.7. The summed E-state index contributed by atoms with van der Waals surface area (Å²) in [4.78, 5) is 25.5. The van der Waals surface area contributed by atoms with Crippen molar-refractivity contribution in [3.05, 3.63) is 21.3 Å². The van der Waals surface area contributed by atoms with Crippen molar-refractivity contribution < 1.29 is 22.8 Å². The molecular formula is C12H15ClF3N3O2S. The average Bonchev–Trinajstić information content (AvgIpc) is 2.80. The van der Waals surface area contributed by atoms with Gasteiger partial charge in [0, 0.05) is 11.4 Å². The van der Waals surface area contributed by atoms with Crippen LogP contribution < -0.4 is 10.6 Å². The summed E-state index contributed by atoms with van der Waals surface area (Å²) in [5.74, 6) is -0.677. The Hall–Kier alpha value is -1.32. The maximum Gasteiger partial charge on any atom is 0.405 e. The Morgan fingerprint density at radius 3 is 2.55 bits per heavy atom. The fourth-order valence-corrected chi connectivity index (χ4v) is 2.66. The molecule has 0 fully saturated rings. The summed E-state index contributed by atoms with van der Waals surface area (Å²) >= 11 is 7.18. The van der Waals surface area contributed by atoms with Gasteiger partial charge in [-0.15, -0.1) is 11.3 Å². The average molecular weight is 358 g/mol. The second-order valence-electron chi connectivity index (χ2n) is 4.36. The number of nitrogens with zero attached hydrogens (tertiary/aromatic N) is 1. The highest BCUT2D eigenvalue weighted by Crippen LogP contribution is 2.22. The number of nitrogens with one attached hydrogen (secondary N) is 2. The van der Waals surface area contributed by atoms with Gasteiger partial charge in [-0.25, -0.2) is 4.79 Å². The summed E-state index contributed by atoms with van der Waals surface area (Å²) in [6.07, 6.45) is -4.52. The monoisotopic (exact) mass is 357 g/mol. The largest absolute Gasteiger partial charge is 0.405 e. The standard InChI is InChI=1S/C12H15ClF3N3O2S/c1-2-19(5-8-3-4-9(13)22-8)6-10(20)18-11(21)17-7-12(14,15)16/h3-4H,2,5-7H2,1H3,(H2,17,18,20,21). The zero-order chi connectivity index (χ0) is 16.8. The van der Waals surface area contributed by atoms with Gasteiger partial charge >= 0.3 is 12.2 Å². The fourth-order valence-electron chi connectivity index (χ4n) is 1.53. The summed E-state index contributed by atoms with van der Waals surface area (Å²) in [6, 6.07) is 2.39. The van der Waals surface area contributed by atoms with Gasteiger partial charge in [0.25, 0.3) is 0 Å². The minimum absolute atomic E-state index is 0.106. The SMILES string of the molecule is CCN(CC(=O)NC(=O)NCC(F)(F)F)Cc1ccc(Cl)s1. The quantitative estimate of drug-likeness (QED) is 0.822. The number of halogens is 4. The number of hydrogen-bond acceptors (Lipinski definition) is 4. The van der Waals surface area contributed by atoms with Crippen LogP contribution in [0.2, 0.25) is 4.34 Å². The van der Waals surface area contributed by atoms with Gasteiger partial charge in [0.05, 0.1) is 10.9 Å². The van der Waals surface area contributed by atoms with Gasteiger partial charge in [-0.05, 0) is 18.7 Å². The molecule has 0 atom stereocenters. The van der Waals surface area contributed by atoms with Gasteiger partial charge in [-0.1, -0.05) is 18.5 Å². The Kier molecular flexibility index (Phi) is 7.11. The summed E-state index contributed by atoms with van der Waals surface area (Å²) in [6.45, 7) is 1.23. The van der Waals surface area contributed by atoms with E-state index in [1.165, 1.54) is 11.3 Å². The van der Waals surface area contributed by atoms with E-state index in [0.29, 0.717) is 17.4 Å². The molecule has 0 aliphatic carbocycles. The van der Waals surface area contributed by atoms with Crippen LogP contribution in [0.25, 0.3) is 0 Å². The van der Waals surface area contributed by atoms with Crippen LogP contribution in [0, 0.1) is 0 Å². The second-order valence-corrected chi connectivity index (χ2v) is 6.15. The number of likely N-dealkylation sites (N-methyl/N-ethyl adjacent to an activating group) is 1. The Morgan fingerprint density at radius 2 is 2.05 bits per heavy atom. The normalized spacial score (nSPS) is 11.5. The van der Waals surface area contributed by atoms with E-state index in [1.54, 1.807) is 16.3 Å². The van der Waals surface area contributed by atoms with Crippen molar-refractivity contribution in [2.45, 2.75) is 19.6 Å². The fraction of sp³-hybridized carbons (Fsp3) is 0.500. The van der Waals surface area contributed by atoms with Gasteiger partial charge in [-0.2, -0.15) is 13.2 Å². The highest BCUT2D eigenvalue weighted by Gasteiger charge is 2.28. The molecule has 0 unspecified atom stereocenters. The highest BCUT2D eigenvalue weighted by atomic mass is 35.5. The van der Waals surface area contributed by atoms with Crippen LogP contribution >= 0.6 is 22.9 Å². The molecule has 0 aliphatic rings. The predicted molar refractivity (Wildman–Crippen MR) is 77.9 cm³/mol. The van der Waals surface area contributed by atoms with E-state index in [0.717, 1.165) is 4.88 Å². The molecular weight excluding hydrogens is 343 g/mol. The zero-order valence-corrected chi connectivity index (χ0v) is 13.2. The number of imide groups is 1. The first-order valence-electron chi connectivity index (χ1n) is 6.30. The van der Waals surface area contributed by atoms with Crippen LogP contribution in [0.5, 0.6) is 0 Å². The lowest BCUT2D eigenvalue weighted by molar-refractivity contribution is -0.125. The van der Waals surface area contributed by atoms with E-state index >= 15 is 0 Å². The van der Waals surface area contributed by atoms with E-state index in [4.69, 9.17) is 11.6 Å². The summed E-state index contributed by atoms with van der Waals surface area (Å²) < 4.78 is 36.4. The van der Waals surface area contributed by atoms with Crippen LogP contribution in [-0.2, 0) is 11.3 Å². The molecule has 10 heteroatoms. The highest BCUT2D eigenvalue weighted by molar-refractivity contribution is 7.16. The van der Waals surface area contributed by atoms with E-state index in [-0.39, 0.29) is 6.54 Å². The van der Waals surface area contributed by atoms with Gasteiger partial charge in [0.2, 0.25) is 5.91 Å². The minimum atomic E-state index is -4.52. The van der Waals surface area contributed by atoms with E-state index in [9.17, 15) is 22.8 Å². The molecule has 0 radical (unpaired) electrons. The maximum atomic E-state index is 11.9. The third-order valence-corrected chi connectivity index (χ3v) is 3.74. The molecule has 3 amide bonds. The van der Waals surface area contributed by atoms with Crippen LogP contribution in [-0.4, -0.2) is 42.6 Å². The molecule has 5 nitrogen and oxygen atoms in total. The van der Waals surface area contributed by atoms with Gasteiger partial charge in [-0.3, -0.25) is 15.0 Å². The second kappa shape index (κ2) is 8.35. The van der Waals surface area contributed by atoms with Crippen molar-refractivity contribution in [1.82, 2.24) is 15.5 Å². The lowest BCUT2D eigenvalue weighted by Gasteiger charge is -2.18. The Bertz CT molecular complexity index is 522. The third-order valence-electron chi connectivity index (χ3n) is 2.53. The van der Waals surface area contributed by atoms with Crippen LogP contribution in [0.15, 0.2) is 12.1 Å². The molecule has 1 aromatic rings. The summed E-state index contributed by atoms with van der Waals surface area (Å²) in [5.41, 5.74) is 0. The van der Waals surface area contributed by atoms with Crippen molar-refractivity contribution in [2.24, 2.45) is 0 Å². The molecule has 0 aromatic carbocycles. The molecule has 0 saturated heterocycles. The number of urea groups is 1. The minimum Gasteiger partial charge on any atom is -0.329 e. The number of thiophene rings is 1. The summed E-state index contributed by atoms with van der Waals surface area (Å²) in [7, 11) is 0. The van der Waals surface area contributed by atoms with Gasteiger partial charge < -0.3 is 5.32 Å². The van der Waals surface area contributed by atoms with Crippen LogP contribution in [0.3, 0.4) is 0 Å². The van der Waals surface area contributed by atoms with Crippen molar-refractivity contribution in [3.63, 3.8) is 0 Å². The number of rotatable bonds is 6. The first-order valence-corrected chi connectivity index (χ1v) is 7.50. The predicted octanol–water partition coefficient (Wildman–Crippen LogP) is 2.61. The lowest BCUT2D eigenvalue weighted by atomic mass is 10.4. The smallest absolute Gasteiger partial charge is 0.329 e. The molecule has 1 heterocycles. The van der Waals surface area contributed by atoms with Crippen molar-refractivity contribution in [1.29, 1.82) is 0 Å². The number of alkyl halides is 3. The molecule has 0 bridgehead atoms. The molecule has 1 rings (SSSR count). The van der Waals surface area contributed by atoms with Gasteiger partial charge in [0.1, 0.15) is 6.54 Å². The number of carbonyl (C=O) groups is 2. The number of amides is 3. The lowest BCUT2D eigenvalue weighted by Crippen LogP contribution is -2.46. The van der Waals surface area contributed by atoms with Crippen LogP contribution in [0.1, 0.15) is 11.8 Å². The number of carbonyl (C=O) groups excluding carboxylic acids is 2. The first-order chi connectivity index (χ1) is 10.2. The van der Waals surface area contributed by atoms with Crippen molar-refractivity contribution in [2.75, 3.05) is 19.6 Å². The Labute approximate surface area is 134 Å². The maximum absolute atomic E-state index is 11.9.